The number of fused-ring (bicyclic) bond motifs is 1. The smallest absolute Gasteiger partial charge is 0.270 e. The fraction of sp³-hybridized carbons (Fsp3) is 0.333. The molecule has 2 aliphatic heterocycles. The number of ether oxygens (including phenoxy) is 1. The molecule has 2 aliphatic rings. The van der Waals surface area contributed by atoms with Crippen molar-refractivity contribution < 1.29 is 14.5 Å². The van der Waals surface area contributed by atoms with E-state index in [1.807, 2.05) is 41.2 Å². The van der Waals surface area contributed by atoms with E-state index in [4.69, 9.17) is 14.7 Å². The Balaban J connectivity index is 1.29. The van der Waals surface area contributed by atoms with Crippen LogP contribution in [0.5, 0.6) is 0 Å². The molecule has 0 atom stereocenters. The molecular weight excluding hydrogens is 486 g/mol. The van der Waals surface area contributed by atoms with Gasteiger partial charge in [-0.15, -0.1) is 0 Å². The molecule has 11 nitrogen and oxygen atoms in total. The maximum absolute atomic E-state index is 13.1. The quantitative estimate of drug-likeness (QED) is 0.293. The first kappa shape index (κ1) is 24.0. The molecule has 38 heavy (non-hydrogen) atoms. The lowest BCUT2D eigenvalue weighted by atomic mass is 9.99. The third kappa shape index (κ3) is 4.56. The maximum atomic E-state index is 13.1. The molecule has 6 rings (SSSR count). The molecular formula is C27H27N7O4. The minimum atomic E-state index is -0.485. The Morgan fingerprint density at radius 2 is 1.74 bits per heavy atom. The number of para-hydroxylation sites is 1. The number of amides is 1. The first-order valence-corrected chi connectivity index (χ1v) is 12.8. The van der Waals surface area contributed by atoms with Crippen LogP contribution in [0.3, 0.4) is 0 Å². The number of nitro groups is 1. The Morgan fingerprint density at radius 1 is 0.974 bits per heavy atom. The molecule has 2 aromatic heterocycles. The van der Waals surface area contributed by atoms with Gasteiger partial charge in [0.25, 0.3) is 11.6 Å². The molecule has 11 heteroatoms. The highest BCUT2D eigenvalue weighted by Gasteiger charge is 2.28. The van der Waals surface area contributed by atoms with Gasteiger partial charge in [-0.3, -0.25) is 14.9 Å². The number of non-ortho nitro benzene ring substituents is 1. The van der Waals surface area contributed by atoms with Gasteiger partial charge in [0.05, 0.1) is 22.2 Å². The molecule has 0 unspecified atom stereocenters. The van der Waals surface area contributed by atoms with Crippen molar-refractivity contribution in [2.45, 2.75) is 18.8 Å². The average molecular weight is 514 g/mol. The molecule has 2 aromatic carbocycles. The van der Waals surface area contributed by atoms with E-state index < -0.39 is 4.92 Å². The van der Waals surface area contributed by atoms with Gasteiger partial charge in [-0.1, -0.05) is 24.3 Å². The molecule has 4 heterocycles. The van der Waals surface area contributed by atoms with Crippen molar-refractivity contribution in [1.82, 2.24) is 24.6 Å². The lowest BCUT2D eigenvalue weighted by Gasteiger charge is -2.36. The van der Waals surface area contributed by atoms with Crippen molar-refractivity contribution >= 4 is 28.4 Å². The summed E-state index contributed by atoms with van der Waals surface area (Å²) < 4.78 is 7.42. The number of nitrogens with zero attached hydrogens (tertiary/aromatic N) is 7. The highest BCUT2D eigenvalue weighted by molar-refractivity contribution is 5.95. The number of rotatable bonds is 5. The first-order chi connectivity index (χ1) is 18.6. The topological polar surface area (TPSA) is 120 Å². The Labute approximate surface area is 218 Å². The lowest BCUT2D eigenvalue weighted by molar-refractivity contribution is -0.384. The number of carbonyl (C=O) groups excluding carboxylic acids is 1. The zero-order valence-electron chi connectivity index (χ0n) is 20.8. The van der Waals surface area contributed by atoms with Gasteiger partial charge >= 0.3 is 0 Å². The van der Waals surface area contributed by atoms with Crippen LogP contribution in [0, 0.1) is 10.1 Å². The van der Waals surface area contributed by atoms with Crippen molar-refractivity contribution in [3.63, 3.8) is 0 Å². The predicted molar refractivity (Wildman–Crippen MR) is 141 cm³/mol. The molecule has 0 aliphatic carbocycles. The summed E-state index contributed by atoms with van der Waals surface area (Å²) in [4.78, 5) is 37.7. The summed E-state index contributed by atoms with van der Waals surface area (Å²) in [6, 6.07) is 15.8. The van der Waals surface area contributed by atoms with E-state index >= 15 is 0 Å². The molecule has 2 fully saturated rings. The molecule has 1 amide bonds. The SMILES string of the molecule is O=C(c1cccc([N+](=O)[O-])c1)N1CCN(c2nc(C3CCOCC3)nc3c2cnn3-c2ccccc2)CC1. The van der Waals surface area contributed by atoms with Crippen molar-refractivity contribution in [3.05, 3.63) is 82.3 Å². The number of piperazine rings is 1. The van der Waals surface area contributed by atoms with Gasteiger partial charge in [0.15, 0.2) is 5.65 Å². The standard InChI is InChI=1S/C27H27N7O4/c35-27(20-5-4-8-22(17-20)34(36)37)32-13-11-31(12-14-32)25-23-18-28-33(21-6-2-1-3-7-21)26(23)30-24(29-25)19-9-15-38-16-10-19/h1-8,17-19H,9-16H2. The van der Waals surface area contributed by atoms with Crippen LogP contribution in [0.2, 0.25) is 0 Å². The normalized spacial score (nSPS) is 16.6. The summed E-state index contributed by atoms with van der Waals surface area (Å²) in [5, 5.41) is 16.7. The summed E-state index contributed by atoms with van der Waals surface area (Å²) >= 11 is 0. The Morgan fingerprint density at radius 3 is 2.47 bits per heavy atom. The van der Waals surface area contributed by atoms with Gasteiger partial charge in [0.1, 0.15) is 11.6 Å². The van der Waals surface area contributed by atoms with Crippen LogP contribution in [-0.4, -0.2) is 74.9 Å². The second-order valence-electron chi connectivity index (χ2n) is 9.51. The van der Waals surface area contributed by atoms with Crippen LogP contribution in [0.4, 0.5) is 11.5 Å². The van der Waals surface area contributed by atoms with Crippen molar-refractivity contribution in [2.75, 3.05) is 44.3 Å². The number of benzene rings is 2. The first-order valence-electron chi connectivity index (χ1n) is 12.8. The fourth-order valence-corrected chi connectivity index (χ4v) is 5.10. The van der Waals surface area contributed by atoms with Crippen LogP contribution < -0.4 is 4.90 Å². The summed E-state index contributed by atoms with van der Waals surface area (Å²) in [5.41, 5.74) is 1.92. The molecule has 0 saturated carbocycles. The molecule has 194 valence electrons. The van der Waals surface area contributed by atoms with Gasteiger partial charge in [0, 0.05) is 63.0 Å². The Kier molecular flexibility index (Phi) is 6.42. The van der Waals surface area contributed by atoms with Gasteiger partial charge in [0.2, 0.25) is 0 Å². The number of nitro benzene ring substituents is 1. The Bertz CT molecular complexity index is 1480. The molecule has 0 spiro atoms. The van der Waals surface area contributed by atoms with Gasteiger partial charge in [-0.2, -0.15) is 5.10 Å². The van der Waals surface area contributed by atoms with Gasteiger partial charge in [-0.05, 0) is 31.0 Å². The van der Waals surface area contributed by atoms with Crippen LogP contribution in [-0.2, 0) is 4.74 Å². The van der Waals surface area contributed by atoms with E-state index in [1.54, 1.807) is 17.0 Å². The van der Waals surface area contributed by atoms with Crippen LogP contribution in [0.25, 0.3) is 16.7 Å². The zero-order chi connectivity index (χ0) is 26.1. The number of hydrogen-bond acceptors (Lipinski definition) is 8. The van der Waals surface area contributed by atoms with E-state index in [0.717, 1.165) is 41.2 Å². The zero-order valence-corrected chi connectivity index (χ0v) is 20.8. The number of anilines is 1. The van der Waals surface area contributed by atoms with Gasteiger partial charge < -0.3 is 14.5 Å². The van der Waals surface area contributed by atoms with E-state index in [2.05, 4.69) is 10.00 Å². The number of aromatic nitrogens is 4. The van der Waals surface area contributed by atoms with Crippen LogP contribution >= 0.6 is 0 Å². The van der Waals surface area contributed by atoms with E-state index in [0.29, 0.717) is 45.0 Å². The van der Waals surface area contributed by atoms with Crippen LogP contribution in [0.1, 0.15) is 34.9 Å². The molecule has 4 aromatic rings. The highest BCUT2D eigenvalue weighted by Crippen LogP contribution is 2.32. The summed E-state index contributed by atoms with van der Waals surface area (Å²) in [6.07, 6.45) is 3.55. The van der Waals surface area contributed by atoms with Gasteiger partial charge in [-0.25, -0.2) is 14.6 Å². The van der Waals surface area contributed by atoms with Crippen molar-refractivity contribution in [1.29, 1.82) is 0 Å². The third-order valence-corrected chi connectivity index (χ3v) is 7.18. The predicted octanol–water partition coefficient (Wildman–Crippen LogP) is 3.58. The minimum Gasteiger partial charge on any atom is -0.381 e. The second-order valence-corrected chi connectivity index (χ2v) is 9.51. The summed E-state index contributed by atoms with van der Waals surface area (Å²) in [7, 11) is 0. The summed E-state index contributed by atoms with van der Waals surface area (Å²) in [6.45, 7) is 3.50. The van der Waals surface area contributed by atoms with E-state index in [1.165, 1.54) is 12.1 Å². The van der Waals surface area contributed by atoms with Crippen molar-refractivity contribution in [3.8, 4) is 5.69 Å². The fourth-order valence-electron chi connectivity index (χ4n) is 5.10. The maximum Gasteiger partial charge on any atom is 0.270 e. The number of hydrogen-bond donors (Lipinski definition) is 0. The molecule has 0 radical (unpaired) electrons. The third-order valence-electron chi connectivity index (χ3n) is 7.18. The lowest BCUT2D eigenvalue weighted by Crippen LogP contribution is -2.49. The molecule has 0 bridgehead atoms. The van der Waals surface area contributed by atoms with E-state index in [-0.39, 0.29) is 17.5 Å². The Hall–Kier alpha value is -4.38. The number of carbonyl (C=O) groups is 1. The molecule has 2 saturated heterocycles. The second kappa shape index (κ2) is 10.2. The summed E-state index contributed by atoms with van der Waals surface area (Å²) in [5.74, 6) is 1.62. The average Bonchev–Trinajstić information content (AvgIpc) is 3.41. The van der Waals surface area contributed by atoms with Crippen LogP contribution in [0.15, 0.2) is 60.8 Å². The molecule has 0 N–H and O–H groups in total. The minimum absolute atomic E-state index is 0.0890. The highest BCUT2D eigenvalue weighted by atomic mass is 16.6. The monoisotopic (exact) mass is 513 g/mol. The largest absolute Gasteiger partial charge is 0.381 e. The van der Waals surface area contributed by atoms with E-state index in [9.17, 15) is 14.9 Å². The van der Waals surface area contributed by atoms with Crippen molar-refractivity contribution in [2.24, 2.45) is 0 Å².